The molecule has 0 radical (unpaired) electrons. The van der Waals surface area contributed by atoms with E-state index < -0.39 is 84.0 Å². The number of methoxy groups -OCH3 is 5. The summed E-state index contributed by atoms with van der Waals surface area (Å²) < 4.78 is 47.0. The molecule has 1 aliphatic heterocycles. The summed E-state index contributed by atoms with van der Waals surface area (Å²) in [5.41, 5.74) is 6.31. The molecule has 0 spiro atoms. The number of likely N-dealkylation sites (N-methyl/N-ethyl adjacent to an activating group) is 1. The molecule has 10 N–H and O–H groups in total. The molecule has 0 aliphatic carbocycles. The van der Waals surface area contributed by atoms with Crippen LogP contribution in [0.25, 0.3) is 0 Å². The Bertz CT molecular complexity index is 2520. The fourth-order valence-electron chi connectivity index (χ4n) is 5.86. The number of carboxylic acid groups (broad SMARTS) is 3. The third-order valence-corrected chi connectivity index (χ3v) is 11.1. The second-order valence-electron chi connectivity index (χ2n) is 20.7. The number of aliphatic carboxylic acids is 3. The summed E-state index contributed by atoms with van der Waals surface area (Å²) in [6.45, 7) is 22.7. The van der Waals surface area contributed by atoms with Crippen molar-refractivity contribution in [1.82, 2.24) is 35.1 Å². The van der Waals surface area contributed by atoms with E-state index in [0.717, 1.165) is 13.1 Å². The van der Waals surface area contributed by atoms with E-state index in [9.17, 15) is 72.9 Å². The number of nitrogens with zero attached hydrogens (tertiary/aromatic N) is 5. The van der Waals surface area contributed by atoms with Gasteiger partial charge >= 0.3 is 83.9 Å². The highest BCUT2D eigenvalue weighted by atomic mass is 35.5. The van der Waals surface area contributed by atoms with Gasteiger partial charge < -0.3 is 99.3 Å². The Morgan fingerprint density at radius 2 is 0.745 bits per heavy atom. The normalized spacial score (nSPS) is 11.9. The van der Waals surface area contributed by atoms with E-state index in [1.165, 1.54) is 66.1 Å². The van der Waals surface area contributed by atoms with Gasteiger partial charge in [-0.2, -0.15) is 19.2 Å². The molecule has 1 heterocycles. The van der Waals surface area contributed by atoms with E-state index in [4.69, 9.17) is 75.5 Å². The molecule has 1 saturated heterocycles. The van der Waals surface area contributed by atoms with Crippen molar-refractivity contribution in [3.8, 4) is 0 Å². The number of nitrogens with two attached hydrogens (primary N) is 1. The van der Waals surface area contributed by atoms with E-state index in [1.807, 2.05) is 14.1 Å². The molecule has 41 heteroatoms. The Morgan fingerprint density at radius 3 is 0.990 bits per heavy atom. The number of alkyl halides is 1. The summed E-state index contributed by atoms with van der Waals surface area (Å²) in [4.78, 5) is 173. The number of hydrogen-bond acceptors (Lipinski definition) is 37. The minimum absolute atomic E-state index is 0.0111. The van der Waals surface area contributed by atoms with E-state index in [2.05, 4.69) is 65.5 Å². The molecule has 1 rings (SSSR count). The average Bonchev–Trinajstić information content (AvgIpc) is 1.45. The van der Waals surface area contributed by atoms with Crippen molar-refractivity contribution in [2.45, 2.75) is 52.1 Å². The SMILES string of the molecule is C=C(C)C(=O)OCC(O)CN(CCN(CC(=O)OC)CC(=O)OC)CC(=O)OC.C=C(C)C(=O)OCC(O)CNCCN(CC(=O)O)CC(=O)O.C=C(C)C(=O)OCC(O)CNCCN(CC(=O)OC)CC(=O)OC.C=C(C)C(=O)OCC1CO1.CN(C)CCN.O=C(O)CCl.O=C=O.O=C=O. The smallest absolute Gasteiger partial charge is 0.373 e. The van der Waals surface area contributed by atoms with Crippen LogP contribution >= 0.6 is 11.6 Å². The molecular weight excluding hydrogens is 1390 g/mol. The van der Waals surface area contributed by atoms with Gasteiger partial charge in [-0.1, -0.05) is 26.3 Å². The number of esters is 9. The van der Waals surface area contributed by atoms with Crippen LogP contribution in [0.15, 0.2) is 48.6 Å². The van der Waals surface area contributed by atoms with Crippen LogP contribution in [-0.2, 0) is 124 Å². The molecule has 0 saturated carbocycles. The van der Waals surface area contributed by atoms with Gasteiger partial charge in [0.1, 0.15) is 56.7 Å². The average molecular weight is 1500 g/mol. The van der Waals surface area contributed by atoms with Crippen LogP contribution in [0.1, 0.15) is 27.7 Å². The lowest BCUT2D eigenvalue weighted by Gasteiger charge is -2.27. The number of halogens is 1. The molecule has 1 aliphatic rings. The van der Waals surface area contributed by atoms with Crippen molar-refractivity contribution >= 4 is 95.5 Å². The largest absolute Gasteiger partial charge is 0.480 e. The van der Waals surface area contributed by atoms with Crippen LogP contribution in [0.3, 0.4) is 0 Å². The molecule has 4 unspecified atom stereocenters. The first-order chi connectivity index (χ1) is 47.7. The van der Waals surface area contributed by atoms with Crippen LogP contribution in [-0.4, -0.2) is 370 Å². The van der Waals surface area contributed by atoms with Gasteiger partial charge in [0, 0.05) is 94.3 Å². The minimum Gasteiger partial charge on any atom is -0.480 e. The predicted octanol–water partition coefficient (Wildman–Crippen LogP) is -5.02. The zero-order valence-electron chi connectivity index (χ0n) is 59.6. The van der Waals surface area contributed by atoms with Gasteiger partial charge in [0.15, 0.2) is 0 Å². The molecule has 0 aromatic heterocycles. The van der Waals surface area contributed by atoms with Gasteiger partial charge in [-0.15, -0.1) is 11.6 Å². The molecule has 1 fully saturated rings. The minimum atomic E-state index is -1.12. The Hall–Kier alpha value is -8.83. The first-order valence-corrected chi connectivity index (χ1v) is 30.4. The fourth-order valence-corrected chi connectivity index (χ4v) is 5.86. The Balaban J connectivity index is -0.000000225. The number of rotatable bonds is 44. The molecule has 4 atom stereocenters. The molecule has 0 aromatic carbocycles. The second kappa shape index (κ2) is 70.6. The van der Waals surface area contributed by atoms with Crippen LogP contribution in [0.2, 0.25) is 0 Å². The predicted molar refractivity (Wildman–Crippen MR) is 354 cm³/mol. The third kappa shape index (κ3) is 80.1. The second-order valence-corrected chi connectivity index (χ2v) is 20.9. The highest BCUT2D eigenvalue weighted by Gasteiger charge is 2.25. The number of aliphatic hydroxyl groups is 3. The molecule has 586 valence electrons. The maximum absolute atomic E-state index is 11.6. The summed E-state index contributed by atoms with van der Waals surface area (Å²) in [6.07, 6.45) is -2.22. The first kappa shape index (κ1) is 107. The molecule has 0 aromatic rings. The van der Waals surface area contributed by atoms with Gasteiger partial charge in [0.05, 0.1) is 88.0 Å². The zero-order valence-corrected chi connectivity index (χ0v) is 60.4. The van der Waals surface area contributed by atoms with E-state index >= 15 is 0 Å². The van der Waals surface area contributed by atoms with Gasteiger partial charge in [0.2, 0.25) is 0 Å². The Morgan fingerprint density at radius 1 is 0.480 bits per heavy atom. The first-order valence-electron chi connectivity index (χ1n) is 29.9. The summed E-state index contributed by atoms with van der Waals surface area (Å²) in [5, 5.41) is 60.0. The number of nitrogens with one attached hydrogen (secondary N) is 2. The van der Waals surface area contributed by atoms with Gasteiger partial charge in [-0.3, -0.25) is 58.0 Å². The highest BCUT2D eigenvalue weighted by molar-refractivity contribution is 6.26. The molecular formula is C61H103ClN8O32. The lowest BCUT2D eigenvalue weighted by atomic mass is 10.3. The number of epoxide rings is 1. The monoisotopic (exact) mass is 1490 g/mol. The summed E-state index contributed by atoms with van der Waals surface area (Å²) in [5.74, 6) is -8.20. The van der Waals surface area contributed by atoms with E-state index in [-0.39, 0.29) is 158 Å². The highest BCUT2D eigenvalue weighted by Crippen LogP contribution is 2.09. The Labute approximate surface area is 596 Å². The maximum Gasteiger partial charge on any atom is 0.373 e. The molecule has 0 amide bonds. The standard InChI is InChI=1S/C18H30N2O9.C15H26N2O7.C13H22N2O7.C7H10O3.C4H12N2.C2H3ClO2.2CO2/c1-13(2)18(25)29-12-14(21)8-19(9-15(22)26-3)6-7-20(10-16(23)27-4)11-17(24)28-5;1-11(2)15(21)24-10-12(18)7-16-5-6-17(8-13(19)22-3)9-14(20)23-4;1-9(2)13(21)22-8-10(16)5-14-3-4-15(6-11(17)18)7-12(19)20;1-5(2)7(8)10-4-6-3-9-6;1-6(2)4-3-5;3-1-2(4)5;2*2-1-3/h14,21H,1,6-12H2,2-5H3;12,16,18H,1,5-10H2,2-4H3;10,14,16H,1,3-8H2,2H3,(H,17,18)(H,19,20);6H,1,3-4H2,2H3;3-5H2,1-2H3;1H2,(H,4,5);;. The van der Waals surface area contributed by atoms with Gasteiger partial charge in [-0.05, 0) is 41.8 Å². The lowest BCUT2D eigenvalue weighted by Crippen LogP contribution is -2.45. The van der Waals surface area contributed by atoms with Crippen molar-refractivity contribution in [3.05, 3.63) is 48.6 Å². The number of ether oxygens (including phenoxy) is 10. The maximum atomic E-state index is 11.6. The van der Waals surface area contributed by atoms with E-state index in [0.29, 0.717) is 31.9 Å². The molecule has 102 heavy (non-hydrogen) atoms. The van der Waals surface area contributed by atoms with Crippen LogP contribution < -0.4 is 16.4 Å². The number of carbonyl (C=O) groups excluding carboxylic acids is 13. The van der Waals surface area contributed by atoms with Gasteiger partial charge in [0.25, 0.3) is 0 Å². The van der Waals surface area contributed by atoms with Crippen molar-refractivity contribution < 1.29 is 155 Å². The topological polar surface area (TPSA) is 556 Å². The lowest BCUT2D eigenvalue weighted by molar-refractivity contribution is -0.193. The number of aliphatic hydroxyl groups excluding tert-OH is 3. The quantitative estimate of drug-likeness (QED) is 0.00689. The number of carbonyl (C=O) groups is 12. The van der Waals surface area contributed by atoms with Crippen molar-refractivity contribution in [2.24, 2.45) is 5.73 Å². The van der Waals surface area contributed by atoms with Crippen molar-refractivity contribution in [1.29, 1.82) is 0 Å². The third-order valence-electron chi connectivity index (χ3n) is 10.9. The van der Waals surface area contributed by atoms with Crippen molar-refractivity contribution in [2.75, 3.05) is 206 Å². The summed E-state index contributed by atoms with van der Waals surface area (Å²) in [6, 6.07) is 0. The van der Waals surface area contributed by atoms with Crippen LogP contribution in [0, 0.1) is 0 Å². The fraction of sp³-hybridized carbons (Fsp3) is 0.639. The van der Waals surface area contributed by atoms with Crippen LogP contribution in [0.5, 0.6) is 0 Å². The number of carboxylic acids is 3. The van der Waals surface area contributed by atoms with Crippen LogP contribution in [0.4, 0.5) is 0 Å². The molecule has 0 bridgehead atoms. The van der Waals surface area contributed by atoms with E-state index in [1.54, 1.807) is 16.7 Å². The summed E-state index contributed by atoms with van der Waals surface area (Å²) >= 11 is 4.74. The summed E-state index contributed by atoms with van der Waals surface area (Å²) in [7, 11) is 10.2. The molecule has 40 nitrogen and oxygen atoms in total. The Kier molecular flexibility index (Phi) is 73.8. The zero-order chi connectivity index (χ0) is 80.3. The van der Waals surface area contributed by atoms with Crippen molar-refractivity contribution in [3.63, 3.8) is 0 Å². The number of hydrogen-bond donors (Lipinski definition) is 9. The van der Waals surface area contributed by atoms with Gasteiger partial charge in [-0.25, -0.2) is 19.2 Å².